The second-order valence-corrected chi connectivity index (χ2v) is 6.53. The zero-order valence-corrected chi connectivity index (χ0v) is 11.1. The average Bonchev–Trinajstić information content (AvgIpc) is 2.08. The molecule has 1 aromatic heterocycles. The van der Waals surface area contributed by atoms with Crippen molar-refractivity contribution in [3.05, 3.63) is 23.0 Å². The van der Waals surface area contributed by atoms with E-state index in [9.17, 15) is 8.42 Å². The minimum absolute atomic E-state index is 0.0667. The maximum Gasteiger partial charge on any atom is 0.152 e. The van der Waals surface area contributed by atoms with Crippen molar-refractivity contribution in [1.82, 2.24) is 4.98 Å². The second-order valence-electron chi connectivity index (χ2n) is 3.99. The standard InChI is InChI=1S/C10H15ClN2O2S/c1-7-4-9(10(11)12-5-7)13-8(2)6-16(3,14)15/h4-5,8,13H,6H2,1-3H3. The van der Waals surface area contributed by atoms with Crippen LogP contribution in [0.25, 0.3) is 0 Å². The number of aromatic nitrogens is 1. The molecule has 0 radical (unpaired) electrons. The third-order valence-corrected chi connectivity index (χ3v) is 3.34. The van der Waals surface area contributed by atoms with Gasteiger partial charge in [-0.1, -0.05) is 11.6 Å². The zero-order chi connectivity index (χ0) is 12.3. The molecule has 0 bridgehead atoms. The maximum absolute atomic E-state index is 11.1. The summed E-state index contributed by atoms with van der Waals surface area (Å²) in [6.45, 7) is 3.69. The van der Waals surface area contributed by atoms with E-state index in [0.29, 0.717) is 10.8 Å². The summed E-state index contributed by atoms with van der Waals surface area (Å²) in [5.74, 6) is 0.0667. The van der Waals surface area contributed by atoms with Gasteiger partial charge >= 0.3 is 0 Å². The molecular formula is C10H15ClN2O2S. The Balaban J connectivity index is 2.77. The Morgan fingerprint density at radius 1 is 1.56 bits per heavy atom. The largest absolute Gasteiger partial charge is 0.379 e. The van der Waals surface area contributed by atoms with E-state index < -0.39 is 9.84 Å². The average molecular weight is 263 g/mol. The first-order valence-corrected chi connectivity index (χ1v) is 7.28. The van der Waals surface area contributed by atoms with E-state index in [2.05, 4.69) is 10.3 Å². The first-order chi connectivity index (χ1) is 7.28. The molecule has 0 aliphatic carbocycles. The molecule has 0 fully saturated rings. The Labute approximate surface area is 101 Å². The van der Waals surface area contributed by atoms with Crippen LogP contribution in [0.1, 0.15) is 12.5 Å². The van der Waals surface area contributed by atoms with E-state index in [0.717, 1.165) is 5.56 Å². The number of nitrogens with zero attached hydrogens (tertiary/aromatic N) is 1. The van der Waals surface area contributed by atoms with Gasteiger partial charge in [0.05, 0.1) is 11.4 Å². The fraction of sp³-hybridized carbons (Fsp3) is 0.500. The van der Waals surface area contributed by atoms with Crippen LogP contribution in [0.15, 0.2) is 12.3 Å². The van der Waals surface area contributed by atoms with E-state index in [1.165, 1.54) is 6.26 Å². The Bertz CT molecular complexity index is 474. The number of aryl methyl sites for hydroxylation is 1. The quantitative estimate of drug-likeness (QED) is 0.842. The number of nitrogens with one attached hydrogen (secondary N) is 1. The van der Waals surface area contributed by atoms with Crippen LogP contribution in [0.5, 0.6) is 0 Å². The predicted molar refractivity (Wildman–Crippen MR) is 66.8 cm³/mol. The molecule has 1 atom stereocenters. The molecular weight excluding hydrogens is 248 g/mol. The Hall–Kier alpha value is -0.810. The summed E-state index contributed by atoms with van der Waals surface area (Å²) in [5, 5.41) is 3.39. The minimum atomic E-state index is -2.99. The molecule has 6 heteroatoms. The molecule has 16 heavy (non-hydrogen) atoms. The second kappa shape index (κ2) is 5.01. The normalized spacial score (nSPS) is 13.5. The molecule has 1 N–H and O–H groups in total. The molecule has 0 aliphatic heterocycles. The maximum atomic E-state index is 11.1. The number of halogens is 1. The van der Waals surface area contributed by atoms with Gasteiger partial charge in [0.15, 0.2) is 5.15 Å². The van der Waals surface area contributed by atoms with Gasteiger partial charge in [-0.05, 0) is 25.5 Å². The molecule has 4 nitrogen and oxygen atoms in total. The zero-order valence-electron chi connectivity index (χ0n) is 9.49. The van der Waals surface area contributed by atoms with Crippen molar-refractivity contribution >= 4 is 27.1 Å². The van der Waals surface area contributed by atoms with Crippen molar-refractivity contribution in [2.45, 2.75) is 19.9 Å². The Morgan fingerprint density at radius 3 is 2.75 bits per heavy atom. The van der Waals surface area contributed by atoms with Gasteiger partial charge in [-0.25, -0.2) is 13.4 Å². The highest BCUT2D eigenvalue weighted by Crippen LogP contribution is 2.20. The topological polar surface area (TPSA) is 59.1 Å². The monoisotopic (exact) mass is 262 g/mol. The van der Waals surface area contributed by atoms with Crippen LogP contribution in [-0.4, -0.2) is 31.5 Å². The van der Waals surface area contributed by atoms with Gasteiger partial charge in [0, 0.05) is 18.5 Å². The highest BCUT2D eigenvalue weighted by molar-refractivity contribution is 7.90. The van der Waals surface area contributed by atoms with Gasteiger partial charge in [0.2, 0.25) is 0 Å². The predicted octanol–water partition coefficient (Wildman–Crippen LogP) is 1.89. The summed E-state index contributed by atoms with van der Waals surface area (Å²) in [7, 11) is -2.99. The fourth-order valence-electron chi connectivity index (χ4n) is 1.41. The lowest BCUT2D eigenvalue weighted by atomic mass is 10.3. The molecule has 0 saturated heterocycles. The number of hydrogen-bond donors (Lipinski definition) is 1. The summed E-state index contributed by atoms with van der Waals surface area (Å²) < 4.78 is 22.2. The molecule has 0 aromatic carbocycles. The van der Waals surface area contributed by atoms with E-state index >= 15 is 0 Å². The van der Waals surface area contributed by atoms with Crippen LogP contribution in [0.2, 0.25) is 5.15 Å². The number of pyridine rings is 1. The summed E-state index contributed by atoms with van der Waals surface area (Å²) in [4.78, 5) is 3.98. The van der Waals surface area contributed by atoms with Crippen molar-refractivity contribution < 1.29 is 8.42 Å². The van der Waals surface area contributed by atoms with Gasteiger partial charge in [-0.2, -0.15) is 0 Å². The third-order valence-electron chi connectivity index (χ3n) is 1.93. The first-order valence-electron chi connectivity index (χ1n) is 4.84. The lowest BCUT2D eigenvalue weighted by molar-refractivity contribution is 0.598. The minimum Gasteiger partial charge on any atom is -0.379 e. The molecule has 1 aromatic rings. The number of rotatable bonds is 4. The smallest absolute Gasteiger partial charge is 0.152 e. The lowest BCUT2D eigenvalue weighted by Crippen LogP contribution is -2.25. The van der Waals surface area contributed by atoms with Crippen LogP contribution in [0.4, 0.5) is 5.69 Å². The molecule has 90 valence electrons. The first kappa shape index (κ1) is 13.3. The van der Waals surface area contributed by atoms with Crippen LogP contribution in [-0.2, 0) is 9.84 Å². The SMILES string of the molecule is Cc1cnc(Cl)c(NC(C)CS(C)(=O)=O)c1. The molecule has 0 saturated carbocycles. The van der Waals surface area contributed by atoms with Gasteiger partial charge in [0.25, 0.3) is 0 Å². The van der Waals surface area contributed by atoms with Crippen LogP contribution < -0.4 is 5.32 Å². The van der Waals surface area contributed by atoms with Gasteiger partial charge in [-0.3, -0.25) is 0 Å². The third kappa shape index (κ3) is 4.37. The van der Waals surface area contributed by atoms with Crippen LogP contribution in [0, 0.1) is 6.92 Å². The van der Waals surface area contributed by atoms with Gasteiger partial charge < -0.3 is 5.32 Å². The van der Waals surface area contributed by atoms with Crippen molar-refractivity contribution in [3.63, 3.8) is 0 Å². The van der Waals surface area contributed by atoms with E-state index in [1.807, 2.05) is 13.0 Å². The molecule has 0 amide bonds. The van der Waals surface area contributed by atoms with Crippen molar-refractivity contribution in [2.24, 2.45) is 0 Å². The summed E-state index contributed by atoms with van der Waals surface area (Å²) in [6, 6.07) is 1.64. The van der Waals surface area contributed by atoms with Crippen LogP contribution in [0.3, 0.4) is 0 Å². The summed E-state index contributed by atoms with van der Waals surface area (Å²) in [5.41, 5.74) is 1.64. The lowest BCUT2D eigenvalue weighted by Gasteiger charge is -2.15. The number of anilines is 1. The van der Waals surface area contributed by atoms with Crippen LogP contribution >= 0.6 is 11.6 Å². The summed E-state index contributed by atoms with van der Waals surface area (Å²) in [6.07, 6.45) is 2.87. The molecule has 0 aliphatic rings. The molecule has 1 heterocycles. The summed E-state index contributed by atoms with van der Waals surface area (Å²) >= 11 is 5.89. The Morgan fingerprint density at radius 2 is 2.19 bits per heavy atom. The van der Waals surface area contributed by atoms with Gasteiger partial charge in [0.1, 0.15) is 9.84 Å². The van der Waals surface area contributed by atoms with E-state index in [-0.39, 0.29) is 11.8 Å². The van der Waals surface area contributed by atoms with E-state index in [1.54, 1.807) is 13.1 Å². The van der Waals surface area contributed by atoms with Crippen molar-refractivity contribution in [1.29, 1.82) is 0 Å². The van der Waals surface area contributed by atoms with Crippen molar-refractivity contribution in [2.75, 3.05) is 17.3 Å². The van der Waals surface area contributed by atoms with Gasteiger partial charge in [-0.15, -0.1) is 0 Å². The highest BCUT2D eigenvalue weighted by Gasteiger charge is 2.12. The Kier molecular flexibility index (Phi) is 4.15. The fourth-order valence-corrected chi connectivity index (χ4v) is 2.56. The van der Waals surface area contributed by atoms with E-state index in [4.69, 9.17) is 11.6 Å². The van der Waals surface area contributed by atoms with Crippen molar-refractivity contribution in [3.8, 4) is 0 Å². The number of hydrogen-bond acceptors (Lipinski definition) is 4. The molecule has 1 unspecified atom stereocenters. The number of sulfone groups is 1. The molecule has 1 rings (SSSR count). The molecule has 0 spiro atoms. The highest BCUT2D eigenvalue weighted by atomic mass is 35.5.